The van der Waals surface area contributed by atoms with E-state index in [2.05, 4.69) is 13.8 Å². The van der Waals surface area contributed by atoms with Crippen LogP contribution in [0.2, 0.25) is 0 Å². The second-order valence-corrected chi connectivity index (χ2v) is 4.53. The minimum Gasteiger partial charge on any atom is -0.390 e. The van der Waals surface area contributed by atoms with Gasteiger partial charge in [0.15, 0.2) is 6.29 Å². The lowest BCUT2D eigenvalue weighted by Crippen LogP contribution is -2.53. The Morgan fingerprint density at radius 1 is 1.14 bits per heavy atom. The van der Waals surface area contributed by atoms with Crippen LogP contribution in [0, 0.1) is 11.8 Å². The molecule has 4 heteroatoms. The van der Waals surface area contributed by atoms with Crippen molar-refractivity contribution in [2.45, 2.75) is 51.8 Å². The molecule has 14 heavy (non-hydrogen) atoms. The highest BCUT2D eigenvalue weighted by Gasteiger charge is 2.41. The van der Waals surface area contributed by atoms with Crippen LogP contribution in [-0.2, 0) is 4.74 Å². The van der Waals surface area contributed by atoms with E-state index >= 15 is 0 Å². The Morgan fingerprint density at radius 3 is 2.21 bits per heavy atom. The Hall–Kier alpha value is -0.160. The maximum atomic E-state index is 9.61. The Balaban J connectivity index is 2.60. The molecule has 3 N–H and O–H groups in total. The van der Waals surface area contributed by atoms with Crippen LogP contribution in [0.1, 0.15) is 27.2 Å². The fraction of sp³-hybridized carbons (Fsp3) is 1.00. The van der Waals surface area contributed by atoms with Gasteiger partial charge in [-0.05, 0) is 12.3 Å². The van der Waals surface area contributed by atoms with E-state index in [1.165, 1.54) is 0 Å². The lowest BCUT2D eigenvalue weighted by atomic mass is 9.86. The Morgan fingerprint density at radius 2 is 1.71 bits per heavy atom. The molecule has 0 bridgehead atoms. The summed E-state index contributed by atoms with van der Waals surface area (Å²) in [5.41, 5.74) is 0. The predicted octanol–water partition coefficient (Wildman–Crippen LogP) is 0.108. The summed E-state index contributed by atoms with van der Waals surface area (Å²) in [4.78, 5) is 0. The zero-order valence-corrected chi connectivity index (χ0v) is 8.92. The fourth-order valence-electron chi connectivity index (χ4n) is 1.82. The summed E-state index contributed by atoms with van der Waals surface area (Å²) in [6, 6.07) is 0. The molecule has 1 heterocycles. The molecule has 1 saturated heterocycles. The van der Waals surface area contributed by atoms with Crippen molar-refractivity contribution in [2.24, 2.45) is 11.8 Å². The Bertz CT molecular complexity index is 183. The topological polar surface area (TPSA) is 69.9 Å². The van der Waals surface area contributed by atoms with Gasteiger partial charge in [-0.2, -0.15) is 0 Å². The van der Waals surface area contributed by atoms with Crippen molar-refractivity contribution in [2.75, 3.05) is 0 Å². The van der Waals surface area contributed by atoms with E-state index in [1.54, 1.807) is 0 Å². The smallest absolute Gasteiger partial charge is 0.183 e. The maximum Gasteiger partial charge on any atom is 0.183 e. The van der Waals surface area contributed by atoms with Crippen molar-refractivity contribution in [1.29, 1.82) is 0 Å². The minimum absolute atomic E-state index is 0.143. The highest BCUT2D eigenvalue weighted by molar-refractivity contribution is 4.86. The summed E-state index contributed by atoms with van der Waals surface area (Å²) in [5, 5.41) is 28.3. The number of aliphatic hydroxyl groups excluding tert-OH is 3. The largest absolute Gasteiger partial charge is 0.390 e. The van der Waals surface area contributed by atoms with E-state index in [9.17, 15) is 15.3 Å². The Kier molecular flexibility index (Phi) is 3.89. The van der Waals surface area contributed by atoms with Gasteiger partial charge in [0.2, 0.25) is 0 Å². The predicted molar refractivity (Wildman–Crippen MR) is 51.5 cm³/mol. The van der Waals surface area contributed by atoms with Gasteiger partial charge < -0.3 is 20.1 Å². The van der Waals surface area contributed by atoms with E-state index in [-0.39, 0.29) is 12.0 Å². The average Bonchev–Trinajstić information content (AvgIpc) is 2.10. The quantitative estimate of drug-likeness (QED) is 0.597. The molecular weight excluding hydrogens is 184 g/mol. The minimum atomic E-state index is -1.26. The second-order valence-electron chi connectivity index (χ2n) is 4.53. The summed E-state index contributed by atoms with van der Waals surface area (Å²) in [6.07, 6.45) is -2.74. The Labute approximate surface area is 84.5 Å². The zero-order chi connectivity index (χ0) is 10.9. The molecule has 0 saturated carbocycles. The number of hydrogen-bond donors (Lipinski definition) is 3. The lowest BCUT2D eigenvalue weighted by molar-refractivity contribution is -0.268. The first kappa shape index (κ1) is 11.9. The molecule has 1 unspecified atom stereocenters. The molecule has 0 spiro atoms. The summed E-state index contributed by atoms with van der Waals surface area (Å²) in [5.74, 6) is 0.299. The van der Waals surface area contributed by atoms with Gasteiger partial charge in [-0.3, -0.25) is 0 Å². The molecule has 0 radical (unpaired) electrons. The molecule has 84 valence electrons. The first-order valence-corrected chi connectivity index (χ1v) is 5.13. The third-order valence-corrected chi connectivity index (χ3v) is 2.79. The van der Waals surface area contributed by atoms with Gasteiger partial charge in [0.05, 0.1) is 12.2 Å². The first-order valence-electron chi connectivity index (χ1n) is 5.13. The number of hydrogen-bond acceptors (Lipinski definition) is 4. The molecule has 0 amide bonds. The molecular formula is C10H20O4. The van der Waals surface area contributed by atoms with Crippen LogP contribution in [0.25, 0.3) is 0 Å². The third-order valence-electron chi connectivity index (χ3n) is 2.79. The van der Waals surface area contributed by atoms with E-state index < -0.39 is 18.5 Å². The second kappa shape index (κ2) is 4.57. The highest BCUT2D eigenvalue weighted by atomic mass is 16.6. The van der Waals surface area contributed by atoms with E-state index in [0.717, 1.165) is 6.42 Å². The van der Waals surface area contributed by atoms with Gasteiger partial charge >= 0.3 is 0 Å². The molecule has 0 aliphatic carbocycles. The fourth-order valence-corrected chi connectivity index (χ4v) is 1.82. The van der Waals surface area contributed by atoms with Crippen LogP contribution in [0.15, 0.2) is 0 Å². The molecule has 1 aliphatic heterocycles. The van der Waals surface area contributed by atoms with Crippen molar-refractivity contribution in [3.05, 3.63) is 0 Å². The molecule has 0 aromatic heterocycles. The maximum absolute atomic E-state index is 9.61. The SMILES string of the molecule is CC(C)C[C@H]1OC(O)[C@H](O)[C@H](O)[C@H]1C. The molecule has 4 nitrogen and oxygen atoms in total. The van der Waals surface area contributed by atoms with Crippen LogP contribution in [0.4, 0.5) is 0 Å². The van der Waals surface area contributed by atoms with Crippen LogP contribution in [0.3, 0.4) is 0 Å². The molecule has 1 fully saturated rings. The summed E-state index contributed by atoms with van der Waals surface area (Å²) >= 11 is 0. The molecule has 0 aromatic carbocycles. The van der Waals surface area contributed by atoms with Crippen molar-refractivity contribution >= 4 is 0 Å². The number of rotatable bonds is 2. The lowest BCUT2D eigenvalue weighted by Gasteiger charge is -2.40. The summed E-state index contributed by atoms with van der Waals surface area (Å²) < 4.78 is 5.24. The van der Waals surface area contributed by atoms with Gasteiger partial charge in [-0.1, -0.05) is 20.8 Å². The van der Waals surface area contributed by atoms with Crippen LogP contribution in [0.5, 0.6) is 0 Å². The molecule has 1 rings (SSSR count). The first-order chi connectivity index (χ1) is 6.43. The van der Waals surface area contributed by atoms with Crippen LogP contribution in [-0.4, -0.2) is 39.9 Å². The van der Waals surface area contributed by atoms with Crippen molar-refractivity contribution in [1.82, 2.24) is 0 Å². The standard InChI is InChI=1S/C10H20O4/c1-5(2)4-7-6(3)8(11)9(12)10(13)14-7/h5-13H,4H2,1-3H3/t6-,7+,8+,9+,10?/m0/s1. The molecule has 5 atom stereocenters. The van der Waals surface area contributed by atoms with Gasteiger partial charge in [0, 0.05) is 5.92 Å². The normalized spacial score (nSPS) is 44.4. The average molecular weight is 204 g/mol. The van der Waals surface area contributed by atoms with E-state index in [4.69, 9.17) is 4.74 Å². The molecule has 0 aromatic rings. The number of aliphatic hydroxyl groups is 3. The van der Waals surface area contributed by atoms with Gasteiger partial charge in [-0.25, -0.2) is 0 Å². The molecule has 1 aliphatic rings. The zero-order valence-electron chi connectivity index (χ0n) is 8.92. The van der Waals surface area contributed by atoms with Crippen molar-refractivity contribution in [3.63, 3.8) is 0 Å². The number of ether oxygens (including phenoxy) is 1. The van der Waals surface area contributed by atoms with Crippen LogP contribution >= 0.6 is 0 Å². The monoisotopic (exact) mass is 204 g/mol. The van der Waals surface area contributed by atoms with E-state index in [1.807, 2.05) is 6.92 Å². The van der Waals surface area contributed by atoms with Crippen LogP contribution < -0.4 is 0 Å². The van der Waals surface area contributed by atoms with Gasteiger partial charge in [-0.15, -0.1) is 0 Å². The van der Waals surface area contributed by atoms with Crippen molar-refractivity contribution < 1.29 is 20.1 Å². The summed E-state index contributed by atoms with van der Waals surface area (Å²) in [6.45, 7) is 5.94. The van der Waals surface area contributed by atoms with Gasteiger partial charge in [0.25, 0.3) is 0 Å². The summed E-state index contributed by atoms with van der Waals surface area (Å²) in [7, 11) is 0. The van der Waals surface area contributed by atoms with Crippen molar-refractivity contribution in [3.8, 4) is 0 Å². The third kappa shape index (κ3) is 2.45. The van der Waals surface area contributed by atoms with E-state index in [0.29, 0.717) is 5.92 Å². The van der Waals surface area contributed by atoms with Gasteiger partial charge in [0.1, 0.15) is 6.10 Å². The highest BCUT2D eigenvalue weighted by Crippen LogP contribution is 2.28.